The van der Waals surface area contributed by atoms with Gasteiger partial charge in [-0.2, -0.15) is 0 Å². The highest BCUT2D eigenvalue weighted by atomic mass is 16.5. The zero-order valence-corrected chi connectivity index (χ0v) is 19.0. The van der Waals surface area contributed by atoms with Gasteiger partial charge in [-0.15, -0.1) is 0 Å². The van der Waals surface area contributed by atoms with Crippen molar-refractivity contribution in [3.8, 4) is 17.6 Å². The van der Waals surface area contributed by atoms with Crippen LogP contribution in [0.2, 0.25) is 0 Å². The van der Waals surface area contributed by atoms with Crippen LogP contribution in [0.3, 0.4) is 0 Å². The minimum atomic E-state index is 0.765. The van der Waals surface area contributed by atoms with Crippen LogP contribution in [0.15, 0.2) is 48.5 Å². The van der Waals surface area contributed by atoms with E-state index in [1.54, 1.807) is 5.56 Å². The lowest BCUT2D eigenvalue weighted by Crippen LogP contribution is -2.13. The van der Waals surface area contributed by atoms with Crippen LogP contribution in [-0.2, 0) is 6.42 Å². The van der Waals surface area contributed by atoms with Crippen LogP contribution in [0, 0.1) is 17.8 Å². The molecule has 0 aliphatic heterocycles. The second-order valence-corrected chi connectivity index (χ2v) is 8.78. The molecule has 0 N–H and O–H groups in total. The van der Waals surface area contributed by atoms with E-state index in [1.807, 2.05) is 12.1 Å². The summed E-state index contributed by atoms with van der Waals surface area (Å²) in [5.41, 5.74) is 4.12. The van der Waals surface area contributed by atoms with Crippen molar-refractivity contribution in [2.24, 2.45) is 5.92 Å². The predicted molar refractivity (Wildman–Crippen MR) is 128 cm³/mol. The third kappa shape index (κ3) is 7.24. The lowest BCUT2D eigenvalue weighted by molar-refractivity contribution is 0.309. The number of hydrogen-bond acceptors (Lipinski definition) is 1. The topological polar surface area (TPSA) is 9.23 Å². The first-order valence-corrected chi connectivity index (χ1v) is 12.1. The second-order valence-electron chi connectivity index (χ2n) is 8.78. The van der Waals surface area contributed by atoms with Crippen LogP contribution < -0.4 is 4.74 Å². The van der Waals surface area contributed by atoms with Crippen LogP contribution in [0.1, 0.15) is 94.2 Å². The molecule has 1 heteroatoms. The van der Waals surface area contributed by atoms with Gasteiger partial charge in [0.25, 0.3) is 0 Å². The minimum absolute atomic E-state index is 0.765. The Kier molecular flexibility index (Phi) is 9.36. The molecular weight excluding hydrogens is 364 g/mol. The predicted octanol–water partition coefficient (Wildman–Crippen LogP) is 7.92. The van der Waals surface area contributed by atoms with Gasteiger partial charge in [-0.3, -0.25) is 0 Å². The lowest BCUT2D eigenvalue weighted by Gasteiger charge is -2.28. The zero-order chi connectivity index (χ0) is 21.0. The Bertz CT molecular complexity index is 783. The van der Waals surface area contributed by atoms with E-state index in [9.17, 15) is 0 Å². The van der Waals surface area contributed by atoms with Gasteiger partial charge in [0.15, 0.2) is 0 Å². The highest BCUT2D eigenvalue weighted by Gasteiger charge is 2.21. The number of aryl methyl sites for hydroxylation is 1. The molecule has 0 saturated heterocycles. The van der Waals surface area contributed by atoms with E-state index in [2.05, 4.69) is 62.1 Å². The molecule has 2 aromatic carbocycles. The van der Waals surface area contributed by atoms with Gasteiger partial charge >= 0.3 is 0 Å². The average molecular weight is 403 g/mol. The Morgan fingerprint density at radius 1 is 0.867 bits per heavy atom. The van der Waals surface area contributed by atoms with Gasteiger partial charge in [-0.25, -0.2) is 0 Å². The third-order valence-corrected chi connectivity index (χ3v) is 6.37. The fraction of sp³-hybridized carbons (Fsp3) is 0.517. The Balaban J connectivity index is 1.37. The van der Waals surface area contributed by atoms with Crippen molar-refractivity contribution < 1.29 is 4.74 Å². The molecule has 160 valence electrons. The Hall–Kier alpha value is -2.20. The van der Waals surface area contributed by atoms with Crippen LogP contribution >= 0.6 is 0 Å². The molecular formula is C29H38O. The average Bonchev–Trinajstić information content (AvgIpc) is 2.79. The van der Waals surface area contributed by atoms with E-state index < -0.39 is 0 Å². The Morgan fingerprint density at radius 2 is 1.60 bits per heavy atom. The van der Waals surface area contributed by atoms with Gasteiger partial charge in [0.1, 0.15) is 5.75 Å². The Labute approximate surface area is 184 Å². The van der Waals surface area contributed by atoms with Crippen molar-refractivity contribution in [1.29, 1.82) is 0 Å². The minimum Gasteiger partial charge on any atom is -0.494 e. The normalized spacial score (nSPS) is 18.5. The number of benzene rings is 2. The molecule has 0 aromatic heterocycles. The monoisotopic (exact) mass is 402 g/mol. The van der Waals surface area contributed by atoms with Gasteiger partial charge in [0, 0.05) is 12.0 Å². The quantitative estimate of drug-likeness (QED) is 0.306. The van der Waals surface area contributed by atoms with E-state index in [0.717, 1.165) is 49.0 Å². The van der Waals surface area contributed by atoms with E-state index >= 15 is 0 Å². The fourth-order valence-corrected chi connectivity index (χ4v) is 4.44. The number of hydrogen-bond donors (Lipinski definition) is 0. The van der Waals surface area contributed by atoms with E-state index in [4.69, 9.17) is 4.74 Å². The van der Waals surface area contributed by atoms with E-state index in [0.29, 0.717) is 0 Å². The second kappa shape index (κ2) is 12.5. The molecule has 2 aromatic rings. The highest BCUT2D eigenvalue weighted by molar-refractivity contribution is 5.38. The smallest absolute Gasteiger partial charge is 0.119 e. The summed E-state index contributed by atoms with van der Waals surface area (Å²) >= 11 is 0. The zero-order valence-electron chi connectivity index (χ0n) is 19.0. The molecule has 1 aliphatic rings. The summed E-state index contributed by atoms with van der Waals surface area (Å²) in [6.45, 7) is 5.23. The molecule has 0 amide bonds. The summed E-state index contributed by atoms with van der Waals surface area (Å²) in [5.74, 6) is 9.28. The molecule has 1 nitrogen and oxygen atoms in total. The summed E-state index contributed by atoms with van der Waals surface area (Å²) in [6.07, 6.45) is 12.3. The van der Waals surface area contributed by atoms with E-state index in [-0.39, 0.29) is 0 Å². The highest BCUT2D eigenvalue weighted by Crippen LogP contribution is 2.37. The van der Waals surface area contributed by atoms with Crippen LogP contribution in [0.4, 0.5) is 0 Å². The molecule has 0 atom stereocenters. The van der Waals surface area contributed by atoms with Crippen LogP contribution in [-0.4, -0.2) is 6.61 Å². The maximum atomic E-state index is 5.72. The molecule has 0 bridgehead atoms. The first kappa shape index (κ1) is 22.5. The van der Waals surface area contributed by atoms with Crippen molar-refractivity contribution in [1.82, 2.24) is 0 Å². The summed E-state index contributed by atoms with van der Waals surface area (Å²) in [7, 11) is 0. The van der Waals surface area contributed by atoms with Crippen LogP contribution in [0.5, 0.6) is 5.75 Å². The van der Waals surface area contributed by atoms with Gasteiger partial charge in [-0.05, 0) is 92.2 Å². The maximum Gasteiger partial charge on any atom is 0.119 e. The molecule has 0 spiro atoms. The van der Waals surface area contributed by atoms with Gasteiger partial charge in [-0.1, -0.05) is 62.8 Å². The van der Waals surface area contributed by atoms with Gasteiger partial charge in [0.2, 0.25) is 0 Å². The largest absolute Gasteiger partial charge is 0.494 e. The molecule has 1 fully saturated rings. The molecule has 0 unspecified atom stereocenters. The molecule has 30 heavy (non-hydrogen) atoms. The first-order valence-electron chi connectivity index (χ1n) is 12.1. The maximum absolute atomic E-state index is 5.72. The fourth-order valence-electron chi connectivity index (χ4n) is 4.44. The molecule has 0 heterocycles. The van der Waals surface area contributed by atoms with Crippen molar-refractivity contribution in [2.45, 2.75) is 84.0 Å². The molecule has 3 rings (SSSR count). The number of rotatable bonds is 9. The number of ether oxygens (including phenoxy) is 1. The van der Waals surface area contributed by atoms with Crippen molar-refractivity contribution in [2.75, 3.05) is 6.61 Å². The van der Waals surface area contributed by atoms with Gasteiger partial charge < -0.3 is 4.74 Å². The van der Waals surface area contributed by atoms with Crippen molar-refractivity contribution in [3.05, 3.63) is 65.2 Å². The first-order chi connectivity index (χ1) is 14.8. The molecule has 0 radical (unpaired) electrons. The summed E-state index contributed by atoms with van der Waals surface area (Å²) in [4.78, 5) is 0. The van der Waals surface area contributed by atoms with Crippen molar-refractivity contribution in [3.63, 3.8) is 0 Å². The van der Waals surface area contributed by atoms with Crippen molar-refractivity contribution >= 4 is 0 Å². The lowest BCUT2D eigenvalue weighted by atomic mass is 9.77. The third-order valence-electron chi connectivity index (χ3n) is 6.37. The standard InChI is InChI=1S/C29H38O/c1-3-5-23-30-29-21-15-26(16-22-29)10-7-6-9-25-13-19-28(20-14-25)27-17-11-24(8-4-2)12-18-27/h11-12,15-18,21-22,25,28H,3-6,8-9,13-14,19-20,23H2,1-2H3. The Morgan fingerprint density at radius 3 is 2.27 bits per heavy atom. The summed E-state index contributed by atoms with van der Waals surface area (Å²) < 4.78 is 5.72. The SMILES string of the molecule is CCCCOc1ccc(C#CCCC2CCC(c3ccc(CCC)cc3)CC2)cc1. The summed E-state index contributed by atoms with van der Waals surface area (Å²) in [6, 6.07) is 17.7. The molecule has 1 aliphatic carbocycles. The molecule has 1 saturated carbocycles. The van der Waals surface area contributed by atoms with Crippen LogP contribution in [0.25, 0.3) is 0 Å². The summed E-state index contributed by atoms with van der Waals surface area (Å²) in [5, 5.41) is 0. The number of unbranched alkanes of at least 4 members (excludes halogenated alkanes) is 1. The van der Waals surface area contributed by atoms with E-state index in [1.165, 1.54) is 50.5 Å². The van der Waals surface area contributed by atoms with Gasteiger partial charge in [0.05, 0.1) is 6.61 Å².